The molecule has 0 heterocycles. The summed E-state index contributed by atoms with van der Waals surface area (Å²) in [4.78, 5) is 0.658. The molecule has 5 nitrogen and oxygen atoms in total. The summed E-state index contributed by atoms with van der Waals surface area (Å²) in [6.45, 7) is 5.98. The average Bonchev–Trinajstić information content (AvgIpc) is 2.99. The Kier molecular flexibility index (Phi) is 20.3. The van der Waals surface area contributed by atoms with E-state index in [-0.39, 0.29) is 0 Å². The summed E-state index contributed by atoms with van der Waals surface area (Å²) in [6, 6.07) is 14.6. The number of hydrogen-bond acceptors (Lipinski definition) is 4. The van der Waals surface area contributed by atoms with Crippen molar-refractivity contribution in [2.75, 3.05) is 13.2 Å². The third kappa shape index (κ3) is 17.8. The molecule has 2 aromatic rings. The molecule has 0 aliphatic carbocycles. The molecule has 0 N–H and O–H groups in total. The summed E-state index contributed by atoms with van der Waals surface area (Å²) in [7, 11) is 0. The number of benzene rings is 2. The van der Waals surface area contributed by atoms with Crippen LogP contribution in [0.2, 0.25) is 0 Å². The quantitative estimate of drug-likeness (QED) is 0.0492. The third-order valence-corrected chi connectivity index (χ3v) is 7.63. The number of ether oxygens (including phenoxy) is 2. The molecule has 0 saturated heterocycles. The minimum atomic E-state index is 0.484. The van der Waals surface area contributed by atoms with Gasteiger partial charge in [-0.1, -0.05) is 134 Å². The zero-order valence-electron chi connectivity index (χ0n) is 26.3. The predicted octanol–water partition coefficient (Wildman–Crippen LogP) is 12.2. The van der Waals surface area contributed by atoms with E-state index in [0.717, 1.165) is 37.6 Å². The Bertz CT molecular complexity index is 896. The SMILES string of the molecule is CCCCCCCCCCCCOc1ccc(N=[N+]([O-])c2ccc(OCCCCCCCCCCCC)cc2)cc1. The average molecular weight is 567 g/mol. The van der Waals surface area contributed by atoms with Gasteiger partial charge in [-0.25, -0.2) is 0 Å². The van der Waals surface area contributed by atoms with Crippen LogP contribution >= 0.6 is 0 Å². The second kappa shape index (κ2) is 24.1. The van der Waals surface area contributed by atoms with Crippen LogP contribution in [0.5, 0.6) is 11.5 Å². The fourth-order valence-corrected chi connectivity index (χ4v) is 5.00. The summed E-state index contributed by atoms with van der Waals surface area (Å²) < 4.78 is 11.7. The van der Waals surface area contributed by atoms with Gasteiger partial charge < -0.3 is 14.7 Å². The lowest BCUT2D eigenvalue weighted by Gasteiger charge is -2.07. The van der Waals surface area contributed by atoms with Crippen molar-refractivity contribution in [1.82, 2.24) is 0 Å². The Morgan fingerprint density at radius 2 is 0.829 bits per heavy atom. The van der Waals surface area contributed by atoms with Crippen molar-refractivity contribution in [2.45, 2.75) is 142 Å². The Balaban J connectivity index is 1.56. The van der Waals surface area contributed by atoms with Gasteiger partial charge in [0, 0.05) is 17.2 Å². The van der Waals surface area contributed by atoms with Crippen molar-refractivity contribution in [2.24, 2.45) is 5.11 Å². The molecule has 2 aromatic carbocycles. The summed E-state index contributed by atoms with van der Waals surface area (Å²) in [5.74, 6) is 1.61. The maximum absolute atomic E-state index is 12.5. The van der Waals surface area contributed by atoms with E-state index in [0.29, 0.717) is 16.2 Å². The predicted molar refractivity (Wildman–Crippen MR) is 173 cm³/mol. The maximum atomic E-state index is 12.5. The number of nitrogens with zero attached hydrogens (tertiary/aromatic N) is 2. The maximum Gasteiger partial charge on any atom is 0.245 e. The molecule has 0 fully saturated rings. The van der Waals surface area contributed by atoms with Gasteiger partial charge in [0.05, 0.1) is 13.2 Å². The van der Waals surface area contributed by atoms with E-state index >= 15 is 0 Å². The molecule has 0 radical (unpaired) electrons. The number of hydrogen-bond donors (Lipinski definition) is 0. The van der Waals surface area contributed by atoms with Crippen molar-refractivity contribution in [1.29, 1.82) is 0 Å². The van der Waals surface area contributed by atoms with Crippen LogP contribution in [0.1, 0.15) is 142 Å². The van der Waals surface area contributed by atoms with Gasteiger partial charge in [0.1, 0.15) is 17.2 Å². The molecular weight excluding hydrogens is 508 g/mol. The Morgan fingerprint density at radius 1 is 0.488 bits per heavy atom. The molecule has 0 aliphatic heterocycles. The Labute approximate surface area is 251 Å². The van der Waals surface area contributed by atoms with Gasteiger partial charge >= 0.3 is 0 Å². The topological polar surface area (TPSA) is 56.9 Å². The molecule has 230 valence electrons. The molecule has 0 bridgehead atoms. The van der Waals surface area contributed by atoms with Gasteiger partial charge in [-0.3, -0.25) is 0 Å². The van der Waals surface area contributed by atoms with Crippen molar-refractivity contribution in [3.8, 4) is 11.5 Å². The number of unbranched alkanes of at least 4 members (excludes halogenated alkanes) is 18. The van der Waals surface area contributed by atoms with E-state index in [9.17, 15) is 5.21 Å². The molecular formula is C36H58N2O3. The molecule has 0 unspecified atom stereocenters. The van der Waals surface area contributed by atoms with Gasteiger partial charge in [0.25, 0.3) is 0 Å². The van der Waals surface area contributed by atoms with Crippen LogP contribution in [0.3, 0.4) is 0 Å². The van der Waals surface area contributed by atoms with E-state index in [1.165, 1.54) is 116 Å². The first-order chi connectivity index (χ1) is 20.2. The first kappa shape index (κ1) is 34.6. The lowest BCUT2D eigenvalue weighted by molar-refractivity contribution is -0.435. The third-order valence-electron chi connectivity index (χ3n) is 7.63. The van der Waals surface area contributed by atoms with Crippen LogP contribution in [0.15, 0.2) is 53.6 Å². The fraction of sp³-hybridized carbons (Fsp3) is 0.667. The molecule has 5 heteroatoms. The molecule has 0 amide bonds. The highest BCUT2D eigenvalue weighted by Gasteiger charge is 2.06. The zero-order valence-corrected chi connectivity index (χ0v) is 26.3. The fourth-order valence-electron chi connectivity index (χ4n) is 5.00. The van der Waals surface area contributed by atoms with Crippen LogP contribution in [-0.4, -0.2) is 18.1 Å². The molecule has 2 rings (SSSR count). The van der Waals surface area contributed by atoms with Gasteiger partial charge in [-0.05, 0) is 49.2 Å². The highest BCUT2D eigenvalue weighted by molar-refractivity contribution is 5.41. The van der Waals surface area contributed by atoms with Crippen molar-refractivity contribution >= 4 is 11.4 Å². The first-order valence-electron chi connectivity index (χ1n) is 16.9. The Hall–Kier alpha value is -2.56. The van der Waals surface area contributed by atoms with E-state index < -0.39 is 0 Å². The first-order valence-corrected chi connectivity index (χ1v) is 16.9. The summed E-state index contributed by atoms with van der Waals surface area (Å²) in [6.07, 6.45) is 26.3. The van der Waals surface area contributed by atoms with Crippen molar-refractivity contribution in [3.63, 3.8) is 0 Å². The molecule has 41 heavy (non-hydrogen) atoms. The smallest absolute Gasteiger partial charge is 0.245 e. The minimum Gasteiger partial charge on any atom is -0.594 e. The highest BCUT2D eigenvalue weighted by atomic mass is 16.5. The second-order valence-corrected chi connectivity index (χ2v) is 11.4. The number of azo groups is 1. The largest absolute Gasteiger partial charge is 0.594 e. The Morgan fingerprint density at radius 3 is 1.22 bits per heavy atom. The van der Waals surface area contributed by atoms with E-state index in [4.69, 9.17) is 9.47 Å². The molecule has 0 aromatic heterocycles. The van der Waals surface area contributed by atoms with Gasteiger partial charge in [0.15, 0.2) is 0 Å². The molecule has 0 atom stereocenters. The van der Waals surface area contributed by atoms with Gasteiger partial charge in [0.2, 0.25) is 5.69 Å². The standard InChI is InChI=1S/C36H58N2O3/c1-3-5-7-9-11-13-15-17-19-21-31-40-35-27-23-33(24-28-35)37-38(39)34-25-29-36(30-26-34)41-32-22-20-18-16-14-12-10-8-6-4-2/h23-30H,3-22,31-32H2,1-2H3. The van der Waals surface area contributed by atoms with E-state index in [2.05, 4.69) is 19.0 Å². The van der Waals surface area contributed by atoms with Crippen LogP contribution in [0.25, 0.3) is 0 Å². The second-order valence-electron chi connectivity index (χ2n) is 11.4. The van der Waals surface area contributed by atoms with Gasteiger partial charge in [-0.2, -0.15) is 0 Å². The molecule has 0 saturated carbocycles. The van der Waals surface area contributed by atoms with Crippen molar-refractivity contribution < 1.29 is 14.3 Å². The van der Waals surface area contributed by atoms with E-state index in [1.54, 1.807) is 12.1 Å². The summed E-state index contributed by atoms with van der Waals surface area (Å²) >= 11 is 0. The zero-order chi connectivity index (χ0) is 29.2. The molecule has 0 spiro atoms. The van der Waals surface area contributed by atoms with Crippen LogP contribution < -0.4 is 9.47 Å². The van der Waals surface area contributed by atoms with Crippen molar-refractivity contribution in [3.05, 3.63) is 53.7 Å². The number of rotatable bonds is 26. The summed E-state index contributed by atoms with van der Waals surface area (Å²) in [5.41, 5.74) is 1.09. The summed E-state index contributed by atoms with van der Waals surface area (Å²) in [5, 5.41) is 16.7. The van der Waals surface area contributed by atoms with Crippen LogP contribution in [0, 0.1) is 5.21 Å². The van der Waals surface area contributed by atoms with Crippen LogP contribution in [0.4, 0.5) is 11.4 Å². The normalized spacial score (nSPS) is 11.6. The van der Waals surface area contributed by atoms with E-state index in [1.807, 2.05) is 36.4 Å². The minimum absolute atomic E-state index is 0.484. The lowest BCUT2D eigenvalue weighted by Crippen LogP contribution is -1.98. The van der Waals surface area contributed by atoms with Crippen LogP contribution in [-0.2, 0) is 0 Å². The highest BCUT2D eigenvalue weighted by Crippen LogP contribution is 2.23. The molecule has 0 aliphatic rings. The lowest BCUT2D eigenvalue weighted by atomic mass is 10.1. The monoisotopic (exact) mass is 566 g/mol. The van der Waals surface area contributed by atoms with Gasteiger partial charge in [-0.15, -0.1) is 0 Å².